The summed E-state index contributed by atoms with van der Waals surface area (Å²) in [4.78, 5) is 17.8. The predicted molar refractivity (Wildman–Crippen MR) is 63.9 cm³/mol. The molecule has 0 aliphatic carbocycles. The van der Waals surface area contributed by atoms with Gasteiger partial charge in [0.25, 0.3) is 0 Å². The molecule has 1 atom stereocenters. The lowest BCUT2D eigenvalue weighted by Crippen LogP contribution is -2.50. The van der Waals surface area contributed by atoms with Crippen LogP contribution in [0, 0.1) is 0 Å². The number of hydrogen-bond donors (Lipinski definition) is 4. The Labute approximate surface area is 126 Å². The number of carboxylic acid groups (broad SMARTS) is 2. The van der Waals surface area contributed by atoms with Gasteiger partial charge in [0.2, 0.25) is 0 Å². The third kappa shape index (κ3) is 15.1. The third-order valence-corrected chi connectivity index (χ3v) is 1.98. The molecule has 138 valence electrons. The van der Waals surface area contributed by atoms with Gasteiger partial charge in [-0.05, 0) is 0 Å². The van der Waals surface area contributed by atoms with Crippen molar-refractivity contribution in [2.24, 2.45) is 0 Å². The predicted octanol–water partition coefficient (Wildman–Crippen LogP) is 0.461. The summed E-state index contributed by atoms with van der Waals surface area (Å²) in [6, 6.07) is 0.517. The van der Waals surface area contributed by atoms with Gasteiger partial charge in [-0.25, -0.2) is 9.59 Å². The molecule has 0 radical (unpaired) electrons. The molecule has 13 heteroatoms. The monoisotopic (exact) mass is 358 g/mol. The van der Waals surface area contributed by atoms with Crippen molar-refractivity contribution in [3.8, 4) is 0 Å². The van der Waals surface area contributed by atoms with Gasteiger partial charge >= 0.3 is 24.3 Å². The van der Waals surface area contributed by atoms with Crippen LogP contribution in [0.15, 0.2) is 0 Å². The third-order valence-electron chi connectivity index (χ3n) is 1.98. The summed E-state index contributed by atoms with van der Waals surface area (Å²) in [5.41, 5.74) is 0. The van der Waals surface area contributed by atoms with Gasteiger partial charge in [0.15, 0.2) is 0 Å². The second-order valence-corrected chi connectivity index (χ2v) is 3.92. The number of piperazine rings is 1. The molecule has 1 fully saturated rings. The first-order chi connectivity index (χ1) is 10.3. The average Bonchev–Trinajstić information content (AvgIpc) is 2.39. The van der Waals surface area contributed by atoms with E-state index in [4.69, 9.17) is 24.5 Å². The Morgan fingerprint density at radius 3 is 1.65 bits per heavy atom. The molecule has 1 aliphatic rings. The van der Waals surface area contributed by atoms with E-state index in [1.807, 2.05) is 0 Å². The van der Waals surface area contributed by atoms with Crippen molar-refractivity contribution in [3.05, 3.63) is 0 Å². The zero-order chi connectivity index (χ0) is 18.7. The summed E-state index contributed by atoms with van der Waals surface area (Å²) >= 11 is 0. The van der Waals surface area contributed by atoms with Gasteiger partial charge in [-0.15, -0.1) is 0 Å². The minimum atomic E-state index is -5.08. The molecule has 7 nitrogen and oxygen atoms in total. The quantitative estimate of drug-likeness (QED) is 0.531. The van der Waals surface area contributed by atoms with E-state index in [2.05, 4.69) is 10.6 Å². The summed E-state index contributed by atoms with van der Waals surface area (Å²) < 4.78 is 68.5. The average molecular weight is 358 g/mol. The van der Waals surface area contributed by atoms with Crippen LogP contribution in [-0.2, 0) is 14.3 Å². The van der Waals surface area contributed by atoms with Gasteiger partial charge in [-0.1, -0.05) is 0 Å². The molecule has 1 unspecified atom stereocenters. The van der Waals surface area contributed by atoms with Crippen LogP contribution in [0.2, 0.25) is 0 Å². The Kier molecular flexibility index (Phi) is 11.3. The zero-order valence-electron chi connectivity index (χ0n) is 11.8. The van der Waals surface area contributed by atoms with Crippen LogP contribution in [0.3, 0.4) is 0 Å². The zero-order valence-corrected chi connectivity index (χ0v) is 11.8. The van der Waals surface area contributed by atoms with Gasteiger partial charge in [0.1, 0.15) is 0 Å². The van der Waals surface area contributed by atoms with Crippen LogP contribution in [0.5, 0.6) is 0 Å². The molecule has 23 heavy (non-hydrogen) atoms. The molecule has 0 bridgehead atoms. The molecule has 1 aliphatic heterocycles. The van der Waals surface area contributed by atoms with Crippen molar-refractivity contribution >= 4 is 11.9 Å². The Bertz CT molecular complexity index is 328. The number of rotatable bonds is 2. The standard InChI is InChI=1S/C6H14N2O.2C2HF3O2/c1-9-5-6-4-7-2-3-8-6;2*3-2(4,5)1(6)7/h6-8H,2-5H2,1H3;2*(H,6,7). The summed E-state index contributed by atoms with van der Waals surface area (Å²) in [5.74, 6) is -5.51. The highest BCUT2D eigenvalue weighted by atomic mass is 19.4. The molecule has 0 saturated carbocycles. The second kappa shape index (κ2) is 11.0. The first kappa shape index (κ1) is 23.7. The summed E-state index contributed by atoms with van der Waals surface area (Å²) in [5, 5.41) is 20.9. The fraction of sp³-hybridized carbons (Fsp3) is 0.800. The minimum absolute atomic E-state index is 0.517. The SMILES string of the molecule is COCC1CNCCN1.O=C(O)C(F)(F)F.O=C(O)C(F)(F)F. The van der Waals surface area contributed by atoms with Gasteiger partial charge in [0, 0.05) is 32.8 Å². The minimum Gasteiger partial charge on any atom is -0.475 e. The fourth-order valence-corrected chi connectivity index (χ4v) is 1.03. The summed E-state index contributed by atoms with van der Waals surface area (Å²) in [7, 11) is 1.73. The van der Waals surface area contributed by atoms with E-state index in [1.54, 1.807) is 7.11 Å². The number of halogens is 6. The van der Waals surface area contributed by atoms with E-state index in [0.717, 1.165) is 26.2 Å². The highest BCUT2D eigenvalue weighted by molar-refractivity contribution is 5.73. The van der Waals surface area contributed by atoms with Crippen molar-refractivity contribution in [2.45, 2.75) is 18.4 Å². The maximum Gasteiger partial charge on any atom is 0.490 e. The highest BCUT2D eigenvalue weighted by Crippen LogP contribution is 2.13. The Morgan fingerprint density at radius 2 is 1.43 bits per heavy atom. The number of alkyl halides is 6. The number of hydrogen-bond acceptors (Lipinski definition) is 5. The molecule has 1 heterocycles. The molecule has 0 aromatic heterocycles. The van der Waals surface area contributed by atoms with Gasteiger partial charge < -0.3 is 25.6 Å². The molecular weight excluding hydrogens is 342 g/mol. The van der Waals surface area contributed by atoms with Gasteiger partial charge in [0.05, 0.1) is 6.61 Å². The van der Waals surface area contributed by atoms with Gasteiger partial charge in [-0.2, -0.15) is 26.3 Å². The summed E-state index contributed by atoms with van der Waals surface area (Å²) in [6.45, 7) is 4.00. The van der Waals surface area contributed by atoms with Crippen LogP contribution in [-0.4, -0.2) is 73.9 Å². The van der Waals surface area contributed by atoms with E-state index < -0.39 is 24.3 Å². The molecular formula is C10H16F6N2O5. The van der Waals surface area contributed by atoms with Crippen LogP contribution in [0.4, 0.5) is 26.3 Å². The lowest BCUT2D eigenvalue weighted by Gasteiger charge is -2.23. The molecule has 0 aromatic carbocycles. The Morgan fingerprint density at radius 1 is 1.04 bits per heavy atom. The topological polar surface area (TPSA) is 108 Å². The van der Waals surface area contributed by atoms with E-state index in [0.29, 0.717) is 6.04 Å². The lowest BCUT2D eigenvalue weighted by atomic mass is 10.2. The van der Waals surface area contributed by atoms with Crippen molar-refractivity contribution in [2.75, 3.05) is 33.4 Å². The smallest absolute Gasteiger partial charge is 0.475 e. The highest BCUT2D eigenvalue weighted by Gasteiger charge is 2.38. The first-order valence-corrected chi connectivity index (χ1v) is 5.85. The number of carboxylic acids is 2. The van der Waals surface area contributed by atoms with Crippen LogP contribution < -0.4 is 10.6 Å². The number of carbonyl (C=O) groups is 2. The van der Waals surface area contributed by atoms with E-state index in [-0.39, 0.29) is 0 Å². The number of ether oxygens (including phenoxy) is 1. The lowest BCUT2D eigenvalue weighted by molar-refractivity contribution is -0.193. The molecule has 1 rings (SSSR count). The van der Waals surface area contributed by atoms with Gasteiger partial charge in [-0.3, -0.25) is 0 Å². The second-order valence-electron chi connectivity index (χ2n) is 3.92. The molecule has 4 N–H and O–H groups in total. The normalized spacial score (nSPS) is 18.0. The maximum atomic E-state index is 10.6. The van der Waals surface area contributed by atoms with E-state index in [1.165, 1.54) is 0 Å². The van der Waals surface area contributed by atoms with Crippen LogP contribution in [0.25, 0.3) is 0 Å². The summed E-state index contributed by atoms with van der Waals surface area (Å²) in [6.07, 6.45) is -10.2. The molecule has 0 amide bonds. The van der Waals surface area contributed by atoms with Crippen LogP contribution in [0.1, 0.15) is 0 Å². The molecule has 0 spiro atoms. The number of aliphatic carboxylic acids is 2. The van der Waals surface area contributed by atoms with E-state index >= 15 is 0 Å². The van der Waals surface area contributed by atoms with Crippen molar-refractivity contribution in [1.82, 2.24) is 10.6 Å². The molecule has 1 saturated heterocycles. The maximum absolute atomic E-state index is 10.6. The first-order valence-electron chi connectivity index (χ1n) is 5.85. The number of nitrogens with one attached hydrogen (secondary N) is 2. The van der Waals surface area contributed by atoms with Crippen molar-refractivity contribution < 1.29 is 50.9 Å². The Balaban J connectivity index is 0. The van der Waals surface area contributed by atoms with Crippen LogP contribution >= 0.6 is 0 Å². The van der Waals surface area contributed by atoms with Crippen molar-refractivity contribution in [1.29, 1.82) is 0 Å². The molecule has 0 aromatic rings. The fourth-order valence-electron chi connectivity index (χ4n) is 1.03. The van der Waals surface area contributed by atoms with E-state index in [9.17, 15) is 26.3 Å². The Hall–Kier alpha value is -1.60. The van der Waals surface area contributed by atoms with Crippen molar-refractivity contribution in [3.63, 3.8) is 0 Å². The number of methoxy groups -OCH3 is 1. The largest absolute Gasteiger partial charge is 0.490 e.